The number of hydrogen-bond acceptors (Lipinski definition) is 3. The number of benzene rings is 1. The van der Waals surface area contributed by atoms with Gasteiger partial charge in [-0.1, -0.05) is 35.5 Å². The van der Waals surface area contributed by atoms with Crippen LogP contribution < -0.4 is 4.74 Å². The highest BCUT2D eigenvalue weighted by molar-refractivity contribution is 5.86. The van der Waals surface area contributed by atoms with Gasteiger partial charge < -0.3 is 14.9 Å². The van der Waals surface area contributed by atoms with Crippen LogP contribution in [0.25, 0.3) is 6.08 Å². The van der Waals surface area contributed by atoms with Crippen molar-refractivity contribution in [2.24, 2.45) is 0 Å². The predicted molar refractivity (Wildman–Crippen MR) is 128 cm³/mol. The van der Waals surface area contributed by atoms with Crippen LogP contribution in [0.5, 0.6) is 11.5 Å². The summed E-state index contributed by atoms with van der Waals surface area (Å²) in [5.41, 5.74) is 4.43. The number of aryl methyl sites for hydroxylation is 1. The second-order valence-electron chi connectivity index (χ2n) is 8.91. The van der Waals surface area contributed by atoms with E-state index in [2.05, 4.69) is 32.1 Å². The molecule has 4 heteroatoms. The average Bonchev–Trinajstić information content (AvgIpc) is 2.67. The SMILES string of the molecule is CC(C)=CCC/C(=C\CC/C(C)=C/CC[C@]1(C)C=Cc2cc(O)cc(C)c2O1)C(=O)O. The average molecular weight is 425 g/mol. The van der Waals surface area contributed by atoms with Crippen LogP contribution in [0.15, 0.2) is 53.2 Å². The minimum absolute atomic E-state index is 0.253. The zero-order valence-corrected chi connectivity index (χ0v) is 19.5. The Hall–Kier alpha value is -2.75. The molecule has 0 radical (unpaired) electrons. The maximum absolute atomic E-state index is 11.4. The fraction of sp³-hybridized carbons (Fsp3) is 0.444. The Morgan fingerprint density at radius 2 is 1.77 bits per heavy atom. The molecule has 0 bridgehead atoms. The second-order valence-corrected chi connectivity index (χ2v) is 8.91. The molecule has 0 fully saturated rings. The van der Waals surface area contributed by atoms with Gasteiger partial charge in [-0.15, -0.1) is 0 Å². The molecule has 0 unspecified atom stereocenters. The van der Waals surface area contributed by atoms with Gasteiger partial charge in [-0.2, -0.15) is 0 Å². The number of rotatable bonds is 10. The smallest absolute Gasteiger partial charge is 0.331 e. The third kappa shape index (κ3) is 7.78. The molecule has 1 atom stereocenters. The van der Waals surface area contributed by atoms with E-state index in [0.29, 0.717) is 12.0 Å². The highest BCUT2D eigenvalue weighted by Crippen LogP contribution is 2.38. The van der Waals surface area contributed by atoms with Crippen molar-refractivity contribution in [3.63, 3.8) is 0 Å². The number of carboxylic acids is 1. The third-order valence-electron chi connectivity index (χ3n) is 5.54. The minimum atomic E-state index is -0.818. The van der Waals surface area contributed by atoms with Crippen molar-refractivity contribution in [2.45, 2.75) is 78.7 Å². The Morgan fingerprint density at radius 3 is 2.45 bits per heavy atom. The van der Waals surface area contributed by atoms with E-state index in [1.54, 1.807) is 12.1 Å². The molecule has 1 aliphatic rings. The summed E-state index contributed by atoms with van der Waals surface area (Å²) in [5, 5.41) is 19.1. The first-order chi connectivity index (χ1) is 14.6. The number of fused-ring (bicyclic) bond motifs is 1. The summed E-state index contributed by atoms with van der Waals surface area (Å²) in [6.45, 7) is 10.2. The number of aromatic hydroxyl groups is 1. The summed E-state index contributed by atoms with van der Waals surface area (Å²) in [6.07, 6.45) is 14.9. The zero-order valence-electron chi connectivity index (χ0n) is 19.5. The molecule has 168 valence electrons. The molecule has 0 aromatic heterocycles. The van der Waals surface area contributed by atoms with Crippen molar-refractivity contribution in [1.82, 2.24) is 0 Å². The Balaban J connectivity index is 1.87. The summed E-state index contributed by atoms with van der Waals surface area (Å²) in [5.74, 6) is 0.272. The molecule has 2 rings (SSSR count). The Labute approximate surface area is 186 Å². The van der Waals surface area contributed by atoms with E-state index in [4.69, 9.17) is 4.74 Å². The van der Waals surface area contributed by atoms with Crippen LogP contribution in [-0.2, 0) is 4.79 Å². The molecule has 2 N–H and O–H groups in total. The molecule has 1 aliphatic heterocycles. The van der Waals surface area contributed by atoms with Crippen LogP contribution in [0.3, 0.4) is 0 Å². The van der Waals surface area contributed by atoms with Crippen molar-refractivity contribution in [2.75, 3.05) is 0 Å². The molecule has 1 aromatic carbocycles. The number of carbonyl (C=O) groups is 1. The van der Waals surface area contributed by atoms with Crippen molar-refractivity contribution in [3.8, 4) is 11.5 Å². The first-order valence-corrected chi connectivity index (χ1v) is 11.0. The van der Waals surface area contributed by atoms with Crippen molar-refractivity contribution in [3.05, 3.63) is 64.3 Å². The third-order valence-corrected chi connectivity index (χ3v) is 5.54. The topological polar surface area (TPSA) is 66.8 Å². The zero-order chi connectivity index (χ0) is 23.0. The molecule has 0 saturated carbocycles. The lowest BCUT2D eigenvalue weighted by molar-refractivity contribution is -0.132. The molecular weight excluding hydrogens is 388 g/mol. The summed E-state index contributed by atoms with van der Waals surface area (Å²) < 4.78 is 6.27. The molecule has 0 saturated heterocycles. The highest BCUT2D eigenvalue weighted by Gasteiger charge is 2.27. The Kier molecular flexibility index (Phi) is 8.73. The van der Waals surface area contributed by atoms with E-state index in [-0.39, 0.29) is 11.4 Å². The van der Waals surface area contributed by atoms with E-state index in [9.17, 15) is 15.0 Å². The first-order valence-electron chi connectivity index (χ1n) is 11.0. The first kappa shape index (κ1) is 24.5. The van der Waals surface area contributed by atoms with Gasteiger partial charge >= 0.3 is 5.97 Å². The number of phenols is 1. The molecule has 4 nitrogen and oxygen atoms in total. The summed E-state index contributed by atoms with van der Waals surface area (Å²) in [4.78, 5) is 11.4. The van der Waals surface area contributed by atoms with Crippen LogP contribution in [-0.4, -0.2) is 21.8 Å². The van der Waals surface area contributed by atoms with Crippen LogP contribution >= 0.6 is 0 Å². The van der Waals surface area contributed by atoms with Crippen LogP contribution in [0.4, 0.5) is 0 Å². The lowest BCUT2D eigenvalue weighted by atomic mass is 9.93. The quantitative estimate of drug-likeness (QED) is 0.310. The number of ether oxygens (including phenoxy) is 1. The van der Waals surface area contributed by atoms with E-state index in [1.807, 2.05) is 32.9 Å². The van der Waals surface area contributed by atoms with E-state index in [0.717, 1.165) is 49.0 Å². The van der Waals surface area contributed by atoms with Gasteiger partial charge in [-0.05, 0) is 96.9 Å². The van der Waals surface area contributed by atoms with Gasteiger partial charge in [0.15, 0.2) is 0 Å². The number of allylic oxidation sites excluding steroid dienone is 5. The largest absolute Gasteiger partial charge is 0.508 e. The van der Waals surface area contributed by atoms with Gasteiger partial charge in [0.1, 0.15) is 17.1 Å². The van der Waals surface area contributed by atoms with Gasteiger partial charge in [0, 0.05) is 11.1 Å². The monoisotopic (exact) mass is 424 g/mol. The van der Waals surface area contributed by atoms with Gasteiger partial charge in [-0.25, -0.2) is 4.79 Å². The summed E-state index contributed by atoms with van der Waals surface area (Å²) >= 11 is 0. The Morgan fingerprint density at radius 1 is 1.06 bits per heavy atom. The van der Waals surface area contributed by atoms with Crippen molar-refractivity contribution in [1.29, 1.82) is 0 Å². The highest BCUT2D eigenvalue weighted by atomic mass is 16.5. The maximum atomic E-state index is 11.4. The van der Waals surface area contributed by atoms with E-state index >= 15 is 0 Å². The number of carboxylic acid groups (broad SMARTS) is 1. The molecule has 31 heavy (non-hydrogen) atoms. The van der Waals surface area contributed by atoms with Crippen molar-refractivity contribution < 1.29 is 19.7 Å². The molecule has 0 amide bonds. The maximum Gasteiger partial charge on any atom is 0.331 e. The Bertz CT molecular complexity index is 913. The predicted octanol–water partition coefficient (Wildman–Crippen LogP) is 7.13. The fourth-order valence-electron chi connectivity index (χ4n) is 3.71. The van der Waals surface area contributed by atoms with Crippen LogP contribution in [0.2, 0.25) is 0 Å². The lowest BCUT2D eigenvalue weighted by Gasteiger charge is -2.32. The second kappa shape index (κ2) is 11.0. The van der Waals surface area contributed by atoms with Crippen molar-refractivity contribution >= 4 is 12.0 Å². The molecular formula is C27H36O4. The fourth-order valence-corrected chi connectivity index (χ4v) is 3.71. The number of hydrogen-bond donors (Lipinski definition) is 2. The normalized spacial score (nSPS) is 18.4. The van der Waals surface area contributed by atoms with Gasteiger partial charge in [0.05, 0.1) is 0 Å². The lowest BCUT2D eigenvalue weighted by Crippen LogP contribution is -2.32. The van der Waals surface area contributed by atoms with Crippen LogP contribution in [0.1, 0.15) is 77.3 Å². The van der Waals surface area contributed by atoms with Gasteiger partial charge in [0.25, 0.3) is 0 Å². The van der Waals surface area contributed by atoms with Gasteiger partial charge in [-0.3, -0.25) is 0 Å². The summed E-state index contributed by atoms with van der Waals surface area (Å²) in [7, 11) is 0. The molecule has 1 aromatic rings. The van der Waals surface area contributed by atoms with Crippen LogP contribution in [0, 0.1) is 6.92 Å². The number of phenolic OH excluding ortho intramolecular Hbond substituents is 1. The number of aliphatic carboxylic acids is 1. The summed E-state index contributed by atoms with van der Waals surface area (Å²) in [6, 6.07) is 3.45. The molecule has 1 heterocycles. The molecule has 0 spiro atoms. The standard InChI is InChI=1S/C27H36O4/c1-19(2)9-6-12-22(26(29)30)13-7-10-20(3)11-8-15-27(5)16-14-23-18-24(28)17-21(4)25(23)31-27/h9,11,13-14,16-18,28H,6-8,10,12,15H2,1-5H3,(H,29,30)/b20-11+,22-13+/t27-/m1/s1. The van der Waals surface area contributed by atoms with E-state index in [1.165, 1.54) is 11.1 Å². The molecule has 0 aliphatic carbocycles. The van der Waals surface area contributed by atoms with E-state index < -0.39 is 5.97 Å². The van der Waals surface area contributed by atoms with Gasteiger partial charge in [0.2, 0.25) is 0 Å². The minimum Gasteiger partial charge on any atom is -0.508 e.